The Balaban J connectivity index is 2.83. The van der Waals surface area contributed by atoms with E-state index in [0.717, 1.165) is 6.42 Å². The molecule has 0 amide bonds. The van der Waals surface area contributed by atoms with E-state index < -0.39 is 13.1 Å². The number of carbonyl (C=O) groups excluding carboxylic acids is 1. The summed E-state index contributed by atoms with van der Waals surface area (Å²) < 4.78 is 4.50. The van der Waals surface area contributed by atoms with Gasteiger partial charge < -0.3 is 14.8 Å². The fourth-order valence-corrected chi connectivity index (χ4v) is 1.41. The third-order valence-corrected chi connectivity index (χ3v) is 2.00. The molecule has 0 fully saturated rings. The van der Waals surface area contributed by atoms with Crippen LogP contribution in [0.2, 0.25) is 0 Å². The molecule has 0 heterocycles. The molecule has 5 heteroatoms. The third-order valence-electron chi connectivity index (χ3n) is 2.00. The predicted molar refractivity (Wildman–Crippen MR) is 43.1 cm³/mol. The van der Waals surface area contributed by atoms with Crippen LogP contribution >= 0.6 is 0 Å². The van der Waals surface area contributed by atoms with Crippen molar-refractivity contribution in [1.29, 1.82) is 0 Å². The summed E-state index contributed by atoms with van der Waals surface area (Å²) in [7, 11) is -0.226. The molecule has 0 aromatic heterocycles. The lowest BCUT2D eigenvalue weighted by molar-refractivity contribution is -0.136. The first-order valence-corrected chi connectivity index (χ1v) is 3.83. The molecule has 12 heavy (non-hydrogen) atoms. The summed E-state index contributed by atoms with van der Waals surface area (Å²) >= 11 is 0. The van der Waals surface area contributed by atoms with Crippen LogP contribution in [0.4, 0.5) is 0 Å². The van der Waals surface area contributed by atoms with E-state index >= 15 is 0 Å². The van der Waals surface area contributed by atoms with E-state index in [-0.39, 0.29) is 0 Å². The van der Waals surface area contributed by atoms with Gasteiger partial charge in [-0.15, -0.1) is 0 Å². The summed E-state index contributed by atoms with van der Waals surface area (Å²) in [4.78, 5) is 11.0. The molecule has 0 aliphatic heterocycles. The van der Waals surface area contributed by atoms with Gasteiger partial charge in [0.15, 0.2) is 0 Å². The second-order valence-corrected chi connectivity index (χ2v) is 2.72. The summed E-state index contributed by atoms with van der Waals surface area (Å²) in [5.74, 6) is -0.449. The van der Waals surface area contributed by atoms with Gasteiger partial charge in [-0.1, -0.05) is 0 Å². The van der Waals surface area contributed by atoms with Gasteiger partial charge in [0.1, 0.15) is 0 Å². The quantitative estimate of drug-likeness (QED) is 0.439. The van der Waals surface area contributed by atoms with Crippen molar-refractivity contribution in [3.63, 3.8) is 0 Å². The van der Waals surface area contributed by atoms with Gasteiger partial charge >= 0.3 is 13.1 Å². The average Bonchev–Trinajstić information content (AvgIpc) is 2.50. The molecule has 2 N–H and O–H groups in total. The predicted octanol–water partition coefficient (Wildman–Crippen LogP) is -0.348. The molecule has 0 atom stereocenters. The summed E-state index contributed by atoms with van der Waals surface area (Å²) in [5, 5.41) is 17.7. The van der Waals surface area contributed by atoms with Crippen molar-refractivity contribution in [2.24, 2.45) is 0 Å². The van der Waals surface area contributed by atoms with Crippen LogP contribution in [0.15, 0.2) is 11.0 Å². The molecule has 0 saturated heterocycles. The molecule has 0 aromatic rings. The van der Waals surface area contributed by atoms with Crippen LogP contribution in [0, 0.1) is 0 Å². The highest BCUT2D eigenvalue weighted by Crippen LogP contribution is 2.27. The van der Waals surface area contributed by atoms with Gasteiger partial charge in [-0.05, 0) is 24.7 Å². The molecule has 0 saturated carbocycles. The minimum atomic E-state index is -1.51. The van der Waals surface area contributed by atoms with Crippen molar-refractivity contribution >= 4 is 13.1 Å². The van der Waals surface area contributed by atoms with Crippen molar-refractivity contribution in [3.05, 3.63) is 11.0 Å². The maximum atomic E-state index is 11.0. The molecular formula is C7H11BO4. The minimum absolute atomic E-state index is 0.404. The Morgan fingerprint density at radius 1 is 1.50 bits per heavy atom. The topological polar surface area (TPSA) is 66.8 Å². The normalized spacial score (nSPS) is 16.6. The number of hydrogen-bond donors (Lipinski definition) is 2. The first kappa shape index (κ1) is 9.28. The number of hydrogen-bond acceptors (Lipinski definition) is 4. The van der Waals surface area contributed by atoms with Crippen molar-refractivity contribution in [2.45, 2.75) is 19.3 Å². The summed E-state index contributed by atoms with van der Waals surface area (Å²) in [5.41, 5.74) is 0.828. The van der Waals surface area contributed by atoms with Crippen LogP contribution in [0.1, 0.15) is 19.3 Å². The summed E-state index contributed by atoms with van der Waals surface area (Å²) in [6.45, 7) is 0. The minimum Gasteiger partial charge on any atom is -0.466 e. The lowest BCUT2D eigenvalue weighted by atomic mass is 9.77. The SMILES string of the molecule is COC(=O)C1=C(B(O)O)CCC1. The Labute approximate surface area is 71.0 Å². The van der Waals surface area contributed by atoms with E-state index in [4.69, 9.17) is 10.0 Å². The summed E-state index contributed by atoms with van der Waals surface area (Å²) in [6.07, 6.45) is 1.94. The van der Waals surface area contributed by atoms with E-state index in [1.165, 1.54) is 7.11 Å². The zero-order chi connectivity index (χ0) is 9.14. The smallest absolute Gasteiger partial charge is 0.466 e. The molecule has 1 aliphatic carbocycles. The highest BCUT2D eigenvalue weighted by atomic mass is 16.5. The van der Waals surface area contributed by atoms with Crippen LogP contribution in [0.25, 0.3) is 0 Å². The largest absolute Gasteiger partial charge is 0.484 e. The molecule has 0 aromatic carbocycles. The van der Waals surface area contributed by atoms with Crippen molar-refractivity contribution < 1.29 is 19.6 Å². The molecule has 1 rings (SSSR count). The number of carbonyl (C=O) groups is 1. The molecule has 0 radical (unpaired) electrons. The fourth-order valence-electron chi connectivity index (χ4n) is 1.41. The van der Waals surface area contributed by atoms with Crippen LogP contribution in [-0.4, -0.2) is 30.2 Å². The zero-order valence-corrected chi connectivity index (χ0v) is 6.91. The number of ether oxygens (including phenoxy) is 1. The van der Waals surface area contributed by atoms with Crippen molar-refractivity contribution in [2.75, 3.05) is 7.11 Å². The number of methoxy groups -OCH3 is 1. The van der Waals surface area contributed by atoms with E-state index in [1.54, 1.807) is 0 Å². The lowest BCUT2D eigenvalue weighted by Crippen LogP contribution is -2.18. The van der Waals surface area contributed by atoms with Crippen molar-refractivity contribution in [1.82, 2.24) is 0 Å². The third kappa shape index (κ3) is 1.68. The maximum absolute atomic E-state index is 11.0. The van der Waals surface area contributed by atoms with Gasteiger partial charge in [0.2, 0.25) is 0 Å². The van der Waals surface area contributed by atoms with Gasteiger partial charge in [-0.25, -0.2) is 4.79 Å². The highest BCUT2D eigenvalue weighted by molar-refractivity contribution is 6.51. The first-order chi connectivity index (χ1) is 5.66. The van der Waals surface area contributed by atoms with Crippen molar-refractivity contribution in [3.8, 4) is 0 Å². The van der Waals surface area contributed by atoms with Gasteiger partial charge in [-0.3, -0.25) is 0 Å². The number of rotatable bonds is 2. The molecule has 66 valence electrons. The van der Waals surface area contributed by atoms with Gasteiger partial charge in [0.05, 0.1) is 7.11 Å². The Kier molecular flexibility index (Phi) is 2.89. The average molecular weight is 170 g/mol. The lowest BCUT2D eigenvalue weighted by Gasteiger charge is -2.03. The monoisotopic (exact) mass is 170 g/mol. The van der Waals surface area contributed by atoms with E-state index in [2.05, 4.69) is 4.74 Å². The molecule has 0 spiro atoms. The fraction of sp³-hybridized carbons (Fsp3) is 0.571. The van der Waals surface area contributed by atoms with Gasteiger partial charge in [0, 0.05) is 5.57 Å². The van der Waals surface area contributed by atoms with Crippen LogP contribution < -0.4 is 0 Å². The van der Waals surface area contributed by atoms with Crippen LogP contribution in [0.3, 0.4) is 0 Å². The zero-order valence-electron chi connectivity index (χ0n) is 6.91. The molecule has 0 unspecified atom stereocenters. The number of allylic oxidation sites excluding steroid dienone is 1. The van der Waals surface area contributed by atoms with Gasteiger partial charge in [0.25, 0.3) is 0 Å². The molecule has 0 bridgehead atoms. The van der Waals surface area contributed by atoms with Crippen LogP contribution in [-0.2, 0) is 9.53 Å². The van der Waals surface area contributed by atoms with Crippen LogP contribution in [0.5, 0.6) is 0 Å². The standard InChI is InChI=1S/C7H11BO4/c1-12-7(9)5-3-2-4-6(5)8(10)11/h10-11H,2-4H2,1H3. The first-order valence-electron chi connectivity index (χ1n) is 3.83. The van der Waals surface area contributed by atoms with E-state index in [1.807, 2.05) is 0 Å². The Morgan fingerprint density at radius 3 is 2.67 bits per heavy atom. The number of esters is 1. The maximum Gasteiger partial charge on any atom is 0.484 e. The summed E-state index contributed by atoms with van der Waals surface area (Å²) in [6, 6.07) is 0. The molecule has 1 aliphatic rings. The Morgan fingerprint density at radius 2 is 2.17 bits per heavy atom. The highest BCUT2D eigenvalue weighted by Gasteiger charge is 2.28. The molecule has 4 nitrogen and oxygen atoms in total. The molecular weight excluding hydrogens is 159 g/mol. The van der Waals surface area contributed by atoms with Gasteiger partial charge in [-0.2, -0.15) is 0 Å². The second kappa shape index (κ2) is 3.73. The second-order valence-electron chi connectivity index (χ2n) is 2.72. The Hall–Kier alpha value is -0.805. The van der Waals surface area contributed by atoms with E-state index in [9.17, 15) is 4.79 Å². The van der Waals surface area contributed by atoms with E-state index in [0.29, 0.717) is 23.9 Å². The Bertz CT molecular complexity index is 221.